The van der Waals surface area contributed by atoms with Gasteiger partial charge in [0.25, 0.3) is 5.69 Å². The molecule has 2 aromatic rings. The molecule has 0 unspecified atom stereocenters. The number of carboxylic acids is 1. The Bertz CT molecular complexity index is 817. The van der Waals surface area contributed by atoms with Crippen molar-refractivity contribution in [2.75, 3.05) is 5.32 Å². The van der Waals surface area contributed by atoms with E-state index in [0.717, 1.165) is 23.3 Å². The molecular weight excluding hydrogens is 302 g/mol. The van der Waals surface area contributed by atoms with Gasteiger partial charge in [-0.3, -0.25) is 10.1 Å². The number of nitrogens with one attached hydrogen (secondary N) is 1. The summed E-state index contributed by atoms with van der Waals surface area (Å²) in [6, 6.07) is 7.32. The molecular formula is C15H13N3O5. The third-order valence-corrected chi connectivity index (χ3v) is 3.29. The maximum absolute atomic E-state index is 11.4. The number of aromatic carboxylic acids is 1. The molecule has 8 nitrogen and oxygen atoms in total. The first-order chi connectivity index (χ1) is 10.8. The zero-order valence-corrected chi connectivity index (χ0v) is 12.4. The van der Waals surface area contributed by atoms with Crippen LogP contribution in [-0.2, 0) is 0 Å². The summed E-state index contributed by atoms with van der Waals surface area (Å²) in [6.45, 7) is 3.67. The van der Waals surface area contributed by atoms with Crippen molar-refractivity contribution in [3.63, 3.8) is 0 Å². The van der Waals surface area contributed by atoms with Gasteiger partial charge in [0.15, 0.2) is 0 Å². The summed E-state index contributed by atoms with van der Waals surface area (Å²) in [4.78, 5) is 32.5. The normalized spacial score (nSPS) is 10.2. The van der Waals surface area contributed by atoms with Crippen LogP contribution in [0.5, 0.6) is 0 Å². The second-order valence-corrected chi connectivity index (χ2v) is 4.98. The summed E-state index contributed by atoms with van der Waals surface area (Å²) in [7, 11) is 0. The number of aryl methyl sites for hydroxylation is 2. The highest BCUT2D eigenvalue weighted by molar-refractivity contribution is 6.00. The minimum atomic E-state index is -1.40. The van der Waals surface area contributed by atoms with Crippen molar-refractivity contribution in [1.29, 1.82) is 0 Å². The van der Waals surface area contributed by atoms with E-state index < -0.39 is 22.1 Å². The number of non-ortho nitro benzene ring substituents is 1. The van der Waals surface area contributed by atoms with Gasteiger partial charge in [-0.15, -0.1) is 4.91 Å². The van der Waals surface area contributed by atoms with E-state index in [1.165, 1.54) is 0 Å². The van der Waals surface area contributed by atoms with E-state index in [4.69, 9.17) is 0 Å². The monoisotopic (exact) mass is 315 g/mol. The van der Waals surface area contributed by atoms with Crippen molar-refractivity contribution in [2.24, 2.45) is 5.18 Å². The van der Waals surface area contributed by atoms with Crippen molar-refractivity contribution in [3.05, 3.63) is 62.0 Å². The summed E-state index contributed by atoms with van der Waals surface area (Å²) >= 11 is 0. The molecule has 23 heavy (non-hydrogen) atoms. The molecule has 0 saturated carbocycles. The van der Waals surface area contributed by atoms with Crippen molar-refractivity contribution < 1.29 is 14.8 Å². The van der Waals surface area contributed by atoms with E-state index in [0.29, 0.717) is 5.69 Å². The zero-order chi connectivity index (χ0) is 17.1. The molecule has 2 rings (SSSR count). The van der Waals surface area contributed by atoms with E-state index in [2.05, 4.69) is 10.5 Å². The number of nitro benzene ring substituents is 1. The van der Waals surface area contributed by atoms with Crippen LogP contribution in [0, 0.1) is 28.9 Å². The second-order valence-electron chi connectivity index (χ2n) is 4.98. The van der Waals surface area contributed by atoms with Crippen LogP contribution in [0.2, 0.25) is 0 Å². The Morgan fingerprint density at radius 2 is 1.96 bits per heavy atom. The van der Waals surface area contributed by atoms with Gasteiger partial charge >= 0.3 is 5.97 Å². The SMILES string of the molecule is Cc1ccc(C)c(Nc2c(N=O)cc([N+](=O)[O-])cc2C(=O)O)c1. The van der Waals surface area contributed by atoms with Gasteiger partial charge in [-0.1, -0.05) is 12.1 Å². The number of carbonyl (C=O) groups is 1. The molecule has 0 amide bonds. The predicted molar refractivity (Wildman–Crippen MR) is 84.7 cm³/mol. The van der Waals surface area contributed by atoms with Crippen LogP contribution >= 0.6 is 0 Å². The lowest BCUT2D eigenvalue weighted by Gasteiger charge is -2.14. The lowest BCUT2D eigenvalue weighted by molar-refractivity contribution is -0.384. The average molecular weight is 315 g/mol. The largest absolute Gasteiger partial charge is 0.478 e. The van der Waals surface area contributed by atoms with Crippen LogP contribution < -0.4 is 5.32 Å². The molecule has 8 heteroatoms. The Balaban J connectivity index is 2.64. The van der Waals surface area contributed by atoms with E-state index in [1.807, 2.05) is 26.0 Å². The predicted octanol–water partition coefficient (Wildman–Crippen LogP) is 4.05. The van der Waals surface area contributed by atoms with Crippen LogP contribution in [-0.4, -0.2) is 16.0 Å². The first kappa shape index (κ1) is 16.1. The van der Waals surface area contributed by atoms with Crippen LogP contribution in [0.1, 0.15) is 21.5 Å². The topological polar surface area (TPSA) is 122 Å². The maximum Gasteiger partial charge on any atom is 0.338 e. The summed E-state index contributed by atoms with van der Waals surface area (Å²) < 4.78 is 0. The maximum atomic E-state index is 11.4. The fraction of sp³-hybridized carbons (Fsp3) is 0.133. The third kappa shape index (κ3) is 3.31. The van der Waals surface area contributed by atoms with Crippen molar-refractivity contribution in [2.45, 2.75) is 13.8 Å². The van der Waals surface area contributed by atoms with Gasteiger partial charge in [-0.2, -0.15) is 0 Å². The van der Waals surface area contributed by atoms with Crippen LogP contribution in [0.15, 0.2) is 35.5 Å². The number of carboxylic acid groups (broad SMARTS) is 1. The Labute approximate surface area is 130 Å². The summed E-state index contributed by atoms with van der Waals surface area (Å²) in [5.74, 6) is -1.40. The number of nitroso groups, excluding NO2 is 1. The van der Waals surface area contributed by atoms with Gasteiger partial charge in [0.1, 0.15) is 5.69 Å². The van der Waals surface area contributed by atoms with Crippen molar-refractivity contribution in [3.8, 4) is 0 Å². The van der Waals surface area contributed by atoms with Gasteiger partial charge < -0.3 is 10.4 Å². The number of benzene rings is 2. The molecule has 0 radical (unpaired) electrons. The highest BCUT2D eigenvalue weighted by atomic mass is 16.6. The molecule has 0 saturated heterocycles. The Morgan fingerprint density at radius 3 is 2.52 bits per heavy atom. The Hall–Kier alpha value is -3.29. The third-order valence-electron chi connectivity index (χ3n) is 3.29. The second kappa shape index (κ2) is 6.22. The molecule has 2 aromatic carbocycles. The van der Waals surface area contributed by atoms with Gasteiger partial charge in [0, 0.05) is 17.8 Å². The fourth-order valence-corrected chi connectivity index (χ4v) is 2.09. The molecule has 0 fully saturated rings. The number of nitrogens with zero attached hydrogens (tertiary/aromatic N) is 2. The first-order valence-corrected chi connectivity index (χ1v) is 6.57. The number of hydrogen-bond acceptors (Lipinski definition) is 6. The highest BCUT2D eigenvalue weighted by Crippen LogP contribution is 2.36. The minimum absolute atomic E-state index is 0.0770. The summed E-state index contributed by atoms with van der Waals surface area (Å²) in [5, 5.41) is 25.7. The van der Waals surface area contributed by atoms with Gasteiger partial charge in [-0.25, -0.2) is 4.79 Å². The van der Waals surface area contributed by atoms with Crippen LogP contribution in [0.25, 0.3) is 0 Å². The van der Waals surface area contributed by atoms with E-state index in [1.54, 1.807) is 6.07 Å². The summed E-state index contributed by atoms with van der Waals surface area (Å²) in [6.07, 6.45) is 0. The van der Waals surface area contributed by atoms with Gasteiger partial charge in [-0.05, 0) is 36.2 Å². The van der Waals surface area contributed by atoms with Crippen LogP contribution in [0.3, 0.4) is 0 Å². The fourth-order valence-electron chi connectivity index (χ4n) is 2.09. The molecule has 0 bridgehead atoms. The molecule has 0 aromatic heterocycles. The molecule has 0 spiro atoms. The van der Waals surface area contributed by atoms with Crippen molar-refractivity contribution in [1.82, 2.24) is 0 Å². The first-order valence-electron chi connectivity index (χ1n) is 6.57. The highest BCUT2D eigenvalue weighted by Gasteiger charge is 2.22. The number of nitro groups is 1. The molecule has 0 aliphatic heterocycles. The van der Waals surface area contributed by atoms with Crippen molar-refractivity contribution >= 4 is 28.7 Å². The number of anilines is 2. The average Bonchev–Trinajstić information content (AvgIpc) is 2.50. The standard InChI is InChI=1S/C15H13N3O5/c1-8-3-4-9(2)12(5-8)16-14-11(15(19)20)6-10(18(22)23)7-13(14)17-21/h3-7,16H,1-2H3,(H,19,20). The minimum Gasteiger partial charge on any atom is -0.478 e. The zero-order valence-electron chi connectivity index (χ0n) is 12.4. The molecule has 2 N–H and O–H groups in total. The summed E-state index contributed by atoms with van der Waals surface area (Å²) in [5.41, 5.74) is 1.02. The van der Waals surface area contributed by atoms with Crippen LogP contribution in [0.4, 0.5) is 22.7 Å². The van der Waals surface area contributed by atoms with Gasteiger partial charge in [0.05, 0.1) is 16.2 Å². The molecule has 0 atom stereocenters. The molecule has 0 aliphatic carbocycles. The number of hydrogen-bond donors (Lipinski definition) is 2. The Morgan fingerprint density at radius 1 is 1.26 bits per heavy atom. The lowest BCUT2D eigenvalue weighted by atomic mass is 10.1. The molecule has 0 aliphatic rings. The molecule has 0 heterocycles. The molecule has 118 valence electrons. The number of rotatable bonds is 5. The Kier molecular flexibility index (Phi) is 4.35. The lowest BCUT2D eigenvalue weighted by Crippen LogP contribution is -2.05. The van der Waals surface area contributed by atoms with E-state index in [9.17, 15) is 24.9 Å². The van der Waals surface area contributed by atoms with E-state index >= 15 is 0 Å². The van der Waals surface area contributed by atoms with E-state index in [-0.39, 0.29) is 11.4 Å². The van der Waals surface area contributed by atoms with Gasteiger partial charge in [0.2, 0.25) is 0 Å². The smallest absolute Gasteiger partial charge is 0.338 e. The quantitative estimate of drug-likeness (QED) is 0.487.